The average Bonchev–Trinajstić information content (AvgIpc) is 3.14. The molecule has 0 unspecified atom stereocenters. The molecule has 26 heavy (non-hydrogen) atoms. The maximum Gasteiger partial charge on any atom is 0.255 e. The molecule has 1 aromatic rings. The minimum Gasteiger partial charge on any atom is -0.496 e. The fourth-order valence-corrected chi connectivity index (χ4v) is 3.97. The lowest BCUT2D eigenvalue weighted by Gasteiger charge is -2.33. The molecule has 2 aliphatic rings. The first-order chi connectivity index (χ1) is 12.6. The van der Waals surface area contributed by atoms with Crippen LogP contribution in [0, 0.1) is 5.92 Å². The van der Waals surface area contributed by atoms with Crippen molar-refractivity contribution in [2.75, 3.05) is 40.3 Å². The number of carbonyl (C=O) groups excluding carboxylic acids is 2. The van der Waals surface area contributed by atoms with Crippen molar-refractivity contribution in [2.24, 2.45) is 5.92 Å². The fourth-order valence-electron chi connectivity index (χ4n) is 3.97. The number of amides is 2. The third kappa shape index (κ3) is 4.18. The van der Waals surface area contributed by atoms with Gasteiger partial charge in [-0.25, -0.2) is 0 Å². The number of para-hydroxylation sites is 1. The van der Waals surface area contributed by atoms with Crippen molar-refractivity contribution in [1.82, 2.24) is 15.1 Å². The first-order valence-electron chi connectivity index (χ1n) is 9.50. The quantitative estimate of drug-likeness (QED) is 0.870. The largest absolute Gasteiger partial charge is 0.496 e. The highest BCUT2D eigenvalue weighted by atomic mass is 16.5. The zero-order valence-corrected chi connectivity index (χ0v) is 15.7. The fraction of sp³-hybridized carbons (Fsp3) is 0.600. The second-order valence-electron chi connectivity index (χ2n) is 7.32. The van der Waals surface area contributed by atoms with E-state index in [1.807, 2.05) is 17.0 Å². The van der Waals surface area contributed by atoms with Gasteiger partial charge in [-0.15, -0.1) is 0 Å². The third-order valence-corrected chi connectivity index (χ3v) is 5.58. The van der Waals surface area contributed by atoms with Crippen molar-refractivity contribution in [1.29, 1.82) is 0 Å². The molecule has 0 aromatic heterocycles. The molecule has 0 spiro atoms. The number of hydrogen-bond donors (Lipinski definition) is 1. The molecule has 2 heterocycles. The average molecular weight is 359 g/mol. The van der Waals surface area contributed by atoms with Crippen LogP contribution in [-0.4, -0.2) is 68.0 Å². The molecule has 0 radical (unpaired) electrons. The van der Waals surface area contributed by atoms with Gasteiger partial charge in [0.15, 0.2) is 0 Å². The SMILES string of the molecule is COc1ccccc1C(=O)NC[C@H]1CCCN1C(=O)C1CCN(C)CC1. The van der Waals surface area contributed by atoms with Crippen molar-refractivity contribution in [3.63, 3.8) is 0 Å². The Morgan fingerprint density at radius 1 is 1.15 bits per heavy atom. The summed E-state index contributed by atoms with van der Waals surface area (Å²) in [6.07, 6.45) is 3.83. The number of rotatable bonds is 5. The van der Waals surface area contributed by atoms with Gasteiger partial charge >= 0.3 is 0 Å². The Morgan fingerprint density at radius 3 is 2.62 bits per heavy atom. The normalized spacial score (nSPS) is 21.6. The minimum atomic E-state index is -0.152. The highest BCUT2D eigenvalue weighted by Gasteiger charge is 2.34. The van der Waals surface area contributed by atoms with Crippen molar-refractivity contribution in [3.8, 4) is 5.75 Å². The predicted molar refractivity (Wildman–Crippen MR) is 100 cm³/mol. The monoisotopic (exact) mass is 359 g/mol. The van der Waals surface area contributed by atoms with Crippen LogP contribution in [0.1, 0.15) is 36.0 Å². The van der Waals surface area contributed by atoms with Crippen LogP contribution in [0.3, 0.4) is 0 Å². The number of nitrogens with zero attached hydrogens (tertiary/aromatic N) is 2. The Morgan fingerprint density at radius 2 is 1.88 bits per heavy atom. The number of carbonyl (C=O) groups is 2. The van der Waals surface area contributed by atoms with Gasteiger partial charge in [-0.05, 0) is 58.0 Å². The lowest BCUT2D eigenvalue weighted by Crippen LogP contribution is -2.47. The van der Waals surface area contributed by atoms with Crippen LogP contribution >= 0.6 is 0 Å². The standard InChI is InChI=1S/C20H29N3O3/c1-22-12-9-15(10-13-22)20(25)23-11-5-6-16(23)14-21-19(24)17-7-3-4-8-18(17)26-2/h3-4,7-8,15-16H,5-6,9-14H2,1-2H3,(H,21,24)/t16-/m1/s1. The number of ether oxygens (including phenoxy) is 1. The molecule has 0 saturated carbocycles. The maximum absolute atomic E-state index is 12.9. The lowest BCUT2D eigenvalue weighted by molar-refractivity contribution is -0.137. The van der Waals surface area contributed by atoms with E-state index < -0.39 is 0 Å². The van der Waals surface area contributed by atoms with E-state index in [4.69, 9.17) is 4.74 Å². The molecule has 1 aromatic carbocycles. The Kier molecular flexibility index (Phi) is 6.14. The minimum absolute atomic E-state index is 0.0980. The van der Waals surface area contributed by atoms with Gasteiger partial charge in [0.05, 0.1) is 12.7 Å². The van der Waals surface area contributed by atoms with Crippen molar-refractivity contribution >= 4 is 11.8 Å². The van der Waals surface area contributed by atoms with Crippen LogP contribution in [-0.2, 0) is 4.79 Å². The highest BCUT2D eigenvalue weighted by molar-refractivity contribution is 5.96. The van der Waals surface area contributed by atoms with Crippen LogP contribution < -0.4 is 10.1 Å². The number of hydrogen-bond acceptors (Lipinski definition) is 4. The summed E-state index contributed by atoms with van der Waals surface area (Å²) in [5.41, 5.74) is 0.529. The summed E-state index contributed by atoms with van der Waals surface area (Å²) in [5, 5.41) is 2.99. The third-order valence-electron chi connectivity index (χ3n) is 5.58. The summed E-state index contributed by atoms with van der Waals surface area (Å²) in [6, 6.07) is 7.29. The molecule has 1 atom stereocenters. The zero-order chi connectivity index (χ0) is 18.5. The van der Waals surface area contributed by atoms with E-state index in [1.165, 1.54) is 0 Å². The summed E-state index contributed by atoms with van der Waals surface area (Å²) < 4.78 is 5.26. The molecule has 2 saturated heterocycles. The van der Waals surface area contributed by atoms with Crippen LogP contribution in [0.25, 0.3) is 0 Å². The van der Waals surface area contributed by atoms with E-state index in [-0.39, 0.29) is 23.8 Å². The van der Waals surface area contributed by atoms with Gasteiger partial charge < -0.3 is 19.9 Å². The summed E-state index contributed by atoms with van der Waals surface area (Å²) in [4.78, 5) is 29.7. The molecule has 3 rings (SSSR count). The van der Waals surface area contributed by atoms with Crippen LogP contribution in [0.2, 0.25) is 0 Å². The Labute approximate surface area is 155 Å². The van der Waals surface area contributed by atoms with Gasteiger partial charge in [0, 0.05) is 25.0 Å². The number of likely N-dealkylation sites (tertiary alicyclic amines) is 2. The topological polar surface area (TPSA) is 61.9 Å². The summed E-state index contributed by atoms with van der Waals surface area (Å²) in [7, 11) is 3.66. The number of benzene rings is 1. The summed E-state index contributed by atoms with van der Waals surface area (Å²) in [5.74, 6) is 0.820. The molecule has 0 bridgehead atoms. The van der Waals surface area contributed by atoms with Crippen LogP contribution in [0.5, 0.6) is 5.75 Å². The van der Waals surface area contributed by atoms with Gasteiger partial charge in [-0.2, -0.15) is 0 Å². The lowest BCUT2D eigenvalue weighted by atomic mass is 9.95. The number of nitrogens with one attached hydrogen (secondary N) is 1. The molecule has 6 heteroatoms. The zero-order valence-electron chi connectivity index (χ0n) is 15.7. The first kappa shape index (κ1) is 18.7. The van der Waals surface area contributed by atoms with Crippen molar-refractivity contribution in [2.45, 2.75) is 31.7 Å². The first-order valence-corrected chi connectivity index (χ1v) is 9.50. The van der Waals surface area contributed by atoms with Gasteiger partial charge in [0.25, 0.3) is 5.91 Å². The van der Waals surface area contributed by atoms with E-state index in [1.54, 1.807) is 19.2 Å². The summed E-state index contributed by atoms with van der Waals surface area (Å²) in [6.45, 7) is 3.27. The van der Waals surface area contributed by atoms with Gasteiger partial charge in [-0.3, -0.25) is 9.59 Å². The molecule has 2 aliphatic heterocycles. The number of methoxy groups -OCH3 is 1. The van der Waals surface area contributed by atoms with Crippen molar-refractivity contribution in [3.05, 3.63) is 29.8 Å². The van der Waals surface area contributed by atoms with E-state index in [2.05, 4.69) is 17.3 Å². The van der Waals surface area contributed by atoms with E-state index in [9.17, 15) is 9.59 Å². The maximum atomic E-state index is 12.9. The van der Waals surface area contributed by atoms with E-state index >= 15 is 0 Å². The van der Waals surface area contributed by atoms with Crippen LogP contribution in [0.4, 0.5) is 0 Å². The molecule has 2 fully saturated rings. The number of piperidine rings is 1. The Hall–Kier alpha value is -2.08. The molecule has 142 valence electrons. The molecule has 1 N–H and O–H groups in total. The van der Waals surface area contributed by atoms with Crippen molar-refractivity contribution < 1.29 is 14.3 Å². The highest BCUT2D eigenvalue weighted by Crippen LogP contribution is 2.25. The molecule has 6 nitrogen and oxygen atoms in total. The predicted octanol–water partition coefficient (Wildman–Crippen LogP) is 1.76. The molecule has 0 aliphatic carbocycles. The van der Waals surface area contributed by atoms with Gasteiger partial charge in [0.2, 0.25) is 5.91 Å². The van der Waals surface area contributed by atoms with E-state index in [0.717, 1.165) is 45.3 Å². The molecule has 2 amide bonds. The Balaban J connectivity index is 1.57. The Bertz CT molecular complexity index is 641. The second-order valence-corrected chi connectivity index (χ2v) is 7.32. The van der Waals surface area contributed by atoms with Gasteiger partial charge in [-0.1, -0.05) is 12.1 Å². The molecular formula is C20H29N3O3. The van der Waals surface area contributed by atoms with Crippen LogP contribution in [0.15, 0.2) is 24.3 Å². The van der Waals surface area contributed by atoms with E-state index in [0.29, 0.717) is 17.9 Å². The smallest absolute Gasteiger partial charge is 0.255 e. The molecular weight excluding hydrogens is 330 g/mol. The van der Waals surface area contributed by atoms with Gasteiger partial charge in [0.1, 0.15) is 5.75 Å². The summed E-state index contributed by atoms with van der Waals surface area (Å²) >= 11 is 0. The second kappa shape index (κ2) is 8.54.